The molecule has 144 valence electrons. The molecule has 0 saturated carbocycles. The minimum Gasteiger partial charge on any atom is -0.398 e. The molecule has 6 N–H and O–H groups in total. The maximum Gasteiger partial charge on any atom is 0.326 e. The standard InChI is InChI=1S/C20H18N8O/c1-11-8-12(6-7-23-11)18(22)14-10-24-17(9-15(14)21)25-20(29)26-19-13-4-2-3-5-16(13)27-28-19/h2-10,22H,1H3,(H5,21,24,25,26,27,28,29). The quantitative estimate of drug-likeness (QED) is 0.342. The van der Waals surface area contributed by atoms with Crippen LogP contribution in [0.1, 0.15) is 16.8 Å². The number of aryl methyl sites for hydroxylation is 1. The molecule has 0 spiro atoms. The van der Waals surface area contributed by atoms with Crippen LogP contribution in [0, 0.1) is 12.3 Å². The van der Waals surface area contributed by atoms with Crippen LogP contribution in [0.4, 0.5) is 22.1 Å². The number of anilines is 3. The van der Waals surface area contributed by atoms with E-state index in [1.54, 1.807) is 18.3 Å². The number of benzene rings is 1. The summed E-state index contributed by atoms with van der Waals surface area (Å²) < 4.78 is 0. The van der Waals surface area contributed by atoms with Crippen molar-refractivity contribution in [3.8, 4) is 0 Å². The van der Waals surface area contributed by atoms with Gasteiger partial charge in [0.2, 0.25) is 0 Å². The molecule has 3 aromatic heterocycles. The van der Waals surface area contributed by atoms with Crippen molar-refractivity contribution in [2.45, 2.75) is 6.92 Å². The number of carbonyl (C=O) groups is 1. The molecule has 4 aromatic rings. The fraction of sp³-hybridized carbons (Fsp3) is 0.0500. The molecular weight excluding hydrogens is 368 g/mol. The predicted octanol–water partition coefficient (Wildman–Crippen LogP) is 3.30. The molecule has 0 aliphatic rings. The van der Waals surface area contributed by atoms with E-state index in [2.05, 4.69) is 30.8 Å². The first-order valence-corrected chi connectivity index (χ1v) is 8.80. The molecule has 1 aromatic carbocycles. The maximum atomic E-state index is 12.3. The highest BCUT2D eigenvalue weighted by Crippen LogP contribution is 2.21. The summed E-state index contributed by atoms with van der Waals surface area (Å²) in [6, 6.07) is 12.0. The average Bonchev–Trinajstić information content (AvgIpc) is 3.10. The number of aromatic amines is 1. The van der Waals surface area contributed by atoms with Gasteiger partial charge >= 0.3 is 6.03 Å². The zero-order valence-corrected chi connectivity index (χ0v) is 15.5. The number of nitrogens with two attached hydrogens (primary N) is 1. The van der Waals surface area contributed by atoms with Gasteiger partial charge in [-0.15, -0.1) is 0 Å². The Bertz CT molecular complexity index is 1230. The predicted molar refractivity (Wildman–Crippen MR) is 112 cm³/mol. The molecule has 4 rings (SSSR count). The van der Waals surface area contributed by atoms with Crippen molar-refractivity contribution in [2.24, 2.45) is 0 Å². The minimum atomic E-state index is -0.498. The fourth-order valence-electron chi connectivity index (χ4n) is 2.92. The number of amides is 2. The lowest BCUT2D eigenvalue weighted by Crippen LogP contribution is -2.21. The Kier molecular flexibility index (Phi) is 4.62. The number of fused-ring (bicyclic) bond motifs is 1. The number of para-hydroxylation sites is 1. The number of carbonyl (C=O) groups excluding carboxylic acids is 1. The topological polar surface area (TPSA) is 145 Å². The summed E-state index contributed by atoms with van der Waals surface area (Å²) in [6.45, 7) is 1.85. The number of rotatable bonds is 4. The van der Waals surface area contributed by atoms with Crippen molar-refractivity contribution in [3.63, 3.8) is 0 Å². The van der Waals surface area contributed by atoms with Crippen LogP contribution >= 0.6 is 0 Å². The van der Waals surface area contributed by atoms with Crippen molar-refractivity contribution in [3.05, 3.63) is 71.7 Å². The Hall–Kier alpha value is -4.27. The zero-order chi connectivity index (χ0) is 20.4. The highest BCUT2D eigenvalue weighted by Gasteiger charge is 2.13. The summed E-state index contributed by atoms with van der Waals surface area (Å²) in [5, 5.41) is 21.4. The van der Waals surface area contributed by atoms with Crippen LogP contribution in [0.25, 0.3) is 10.9 Å². The lowest BCUT2D eigenvalue weighted by molar-refractivity contribution is 0.262. The second kappa shape index (κ2) is 7.39. The van der Waals surface area contributed by atoms with Gasteiger partial charge in [0.05, 0.1) is 11.2 Å². The van der Waals surface area contributed by atoms with Gasteiger partial charge in [0.25, 0.3) is 0 Å². The van der Waals surface area contributed by atoms with Crippen molar-refractivity contribution < 1.29 is 4.79 Å². The van der Waals surface area contributed by atoms with Gasteiger partial charge in [-0.3, -0.25) is 26.1 Å². The van der Waals surface area contributed by atoms with Crippen molar-refractivity contribution in [1.82, 2.24) is 20.2 Å². The summed E-state index contributed by atoms with van der Waals surface area (Å²) in [5.74, 6) is 0.680. The van der Waals surface area contributed by atoms with Gasteiger partial charge in [-0.05, 0) is 31.2 Å². The number of nitrogens with zero attached hydrogens (tertiary/aromatic N) is 3. The van der Waals surface area contributed by atoms with Crippen LogP contribution in [-0.4, -0.2) is 31.9 Å². The average molecular weight is 386 g/mol. The number of H-pyrrole nitrogens is 1. The van der Waals surface area contributed by atoms with Gasteiger partial charge in [0.15, 0.2) is 5.82 Å². The first kappa shape index (κ1) is 18.1. The Balaban J connectivity index is 1.49. The van der Waals surface area contributed by atoms with Gasteiger partial charge in [-0.2, -0.15) is 5.10 Å². The molecule has 9 nitrogen and oxygen atoms in total. The molecule has 0 atom stereocenters. The molecule has 29 heavy (non-hydrogen) atoms. The van der Waals surface area contributed by atoms with Gasteiger partial charge in [0.1, 0.15) is 5.82 Å². The van der Waals surface area contributed by atoms with Crippen molar-refractivity contribution in [1.29, 1.82) is 5.41 Å². The Labute approximate surface area is 165 Å². The SMILES string of the molecule is Cc1cc(C(=N)c2cnc(NC(=O)Nc3n[nH]c4ccccc34)cc2N)ccn1. The summed E-state index contributed by atoms with van der Waals surface area (Å²) in [4.78, 5) is 20.6. The lowest BCUT2D eigenvalue weighted by Gasteiger charge is -2.10. The number of urea groups is 1. The van der Waals surface area contributed by atoms with Gasteiger partial charge < -0.3 is 5.73 Å². The second-order valence-corrected chi connectivity index (χ2v) is 6.41. The highest BCUT2D eigenvalue weighted by atomic mass is 16.2. The molecule has 0 bridgehead atoms. The van der Waals surface area contributed by atoms with E-state index in [-0.39, 0.29) is 11.5 Å². The van der Waals surface area contributed by atoms with Gasteiger partial charge in [-0.25, -0.2) is 9.78 Å². The summed E-state index contributed by atoms with van der Waals surface area (Å²) in [6.07, 6.45) is 3.11. The molecule has 9 heteroatoms. The molecule has 0 aliphatic carbocycles. The highest BCUT2D eigenvalue weighted by molar-refractivity contribution is 6.14. The maximum absolute atomic E-state index is 12.3. The zero-order valence-electron chi connectivity index (χ0n) is 15.5. The van der Waals surface area contributed by atoms with E-state index >= 15 is 0 Å². The molecule has 0 unspecified atom stereocenters. The van der Waals surface area contributed by atoms with E-state index < -0.39 is 6.03 Å². The Morgan fingerprint density at radius 1 is 1.14 bits per heavy atom. The molecular formula is C20H18N8O. The largest absolute Gasteiger partial charge is 0.398 e. The monoisotopic (exact) mass is 386 g/mol. The summed E-state index contributed by atoms with van der Waals surface area (Å²) >= 11 is 0. The number of aromatic nitrogens is 4. The molecule has 0 aliphatic heterocycles. The summed E-state index contributed by atoms with van der Waals surface area (Å²) in [5.41, 5.74) is 9.45. The summed E-state index contributed by atoms with van der Waals surface area (Å²) in [7, 11) is 0. The first-order valence-electron chi connectivity index (χ1n) is 8.80. The van der Waals surface area contributed by atoms with E-state index in [0.717, 1.165) is 16.6 Å². The van der Waals surface area contributed by atoms with Crippen LogP contribution < -0.4 is 16.4 Å². The van der Waals surface area contributed by atoms with Crippen LogP contribution in [0.3, 0.4) is 0 Å². The van der Waals surface area contributed by atoms with E-state index in [1.807, 2.05) is 31.2 Å². The Morgan fingerprint density at radius 3 is 2.76 bits per heavy atom. The number of nitrogen functional groups attached to an aromatic ring is 1. The molecule has 0 saturated heterocycles. The third-order valence-corrected chi connectivity index (χ3v) is 4.33. The van der Waals surface area contributed by atoms with E-state index in [4.69, 9.17) is 11.1 Å². The minimum absolute atomic E-state index is 0.236. The third-order valence-electron chi connectivity index (χ3n) is 4.33. The van der Waals surface area contributed by atoms with Gasteiger partial charge in [0, 0.05) is 46.4 Å². The normalized spacial score (nSPS) is 10.7. The molecule has 2 amide bonds. The molecule has 3 heterocycles. The van der Waals surface area contributed by atoms with E-state index in [1.165, 1.54) is 12.3 Å². The second-order valence-electron chi connectivity index (χ2n) is 6.41. The van der Waals surface area contributed by atoms with Crippen LogP contribution in [0.2, 0.25) is 0 Å². The number of hydrogen-bond acceptors (Lipinski definition) is 6. The van der Waals surface area contributed by atoms with Crippen LogP contribution in [-0.2, 0) is 0 Å². The number of nitrogens with one attached hydrogen (secondary N) is 4. The van der Waals surface area contributed by atoms with Crippen LogP contribution in [0.5, 0.6) is 0 Å². The van der Waals surface area contributed by atoms with Crippen LogP contribution in [0.15, 0.2) is 54.9 Å². The smallest absolute Gasteiger partial charge is 0.326 e. The number of hydrogen-bond donors (Lipinski definition) is 5. The van der Waals surface area contributed by atoms with E-state index in [0.29, 0.717) is 22.6 Å². The third kappa shape index (κ3) is 3.74. The number of pyridine rings is 2. The van der Waals surface area contributed by atoms with Crippen molar-refractivity contribution >= 4 is 40.0 Å². The first-order chi connectivity index (χ1) is 14.0. The lowest BCUT2D eigenvalue weighted by atomic mass is 10.0. The van der Waals surface area contributed by atoms with Crippen molar-refractivity contribution in [2.75, 3.05) is 16.4 Å². The molecule has 0 radical (unpaired) electrons. The molecule has 0 fully saturated rings. The van der Waals surface area contributed by atoms with Gasteiger partial charge in [-0.1, -0.05) is 12.1 Å². The Morgan fingerprint density at radius 2 is 1.97 bits per heavy atom. The fourth-order valence-corrected chi connectivity index (χ4v) is 2.92. The van der Waals surface area contributed by atoms with E-state index in [9.17, 15) is 4.79 Å².